The first-order valence-corrected chi connectivity index (χ1v) is 6.02. The van der Waals surface area contributed by atoms with Crippen molar-refractivity contribution in [3.05, 3.63) is 0 Å². The van der Waals surface area contributed by atoms with Crippen LogP contribution in [0.2, 0.25) is 0 Å². The third-order valence-corrected chi connectivity index (χ3v) is 2.28. The van der Waals surface area contributed by atoms with Crippen molar-refractivity contribution in [2.24, 2.45) is 5.92 Å². The Morgan fingerprint density at radius 1 is 1.29 bits per heavy atom. The molecule has 0 unspecified atom stereocenters. The molecular weight excluding hydrogens is 218 g/mol. The Morgan fingerprint density at radius 3 is 2.24 bits per heavy atom. The van der Waals surface area contributed by atoms with E-state index in [1.807, 2.05) is 20.8 Å². The van der Waals surface area contributed by atoms with Crippen LogP contribution in [0, 0.1) is 5.92 Å². The van der Waals surface area contributed by atoms with Gasteiger partial charge in [-0.25, -0.2) is 4.79 Å². The number of rotatable bonds is 5. The van der Waals surface area contributed by atoms with Gasteiger partial charge >= 0.3 is 6.03 Å². The normalized spacial score (nSPS) is 11.2. The Labute approximate surface area is 104 Å². The topological polar surface area (TPSA) is 61.4 Å². The van der Waals surface area contributed by atoms with Crippen LogP contribution in [0.5, 0.6) is 0 Å². The van der Waals surface area contributed by atoms with Gasteiger partial charge in [0.15, 0.2) is 0 Å². The van der Waals surface area contributed by atoms with E-state index < -0.39 is 5.54 Å². The zero-order valence-electron chi connectivity index (χ0n) is 11.8. The van der Waals surface area contributed by atoms with E-state index in [0.717, 1.165) is 0 Å². The second-order valence-electron chi connectivity index (χ2n) is 5.19. The second-order valence-corrected chi connectivity index (χ2v) is 5.19. The Balaban J connectivity index is 4.47. The first kappa shape index (κ1) is 15.7. The van der Waals surface area contributed by atoms with Gasteiger partial charge in [0.1, 0.15) is 5.54 Å². The summed E-state index contributed by atoms with van der Waals surface area (Å²) < 4.78 is 0. The molecule has 0 aliphatic carbocycles. The molecule has 2 N–H and O–H groups in total. The molecular formula is C12H25N3O2. The Kier molecular flexibility index (Phi) is 5.99. The lowest BCUT2D eigenvalue weighted by Crippen LogP contribution is -2.57. The van der Waals surface area contributed by atoms with Crippen LogP contribution in [0.25, 0.3) is 0 Å². The first-order valence-electron chi connectivity index (χ1n) is 6.02. The Bertz CT molecular complexity index is 275. The number of carbonyl (C=O) groups is 2. The van der Waals surface area contributed by atoms with E-state index in [1.165, 1.54) is 0 Å². The minimum atomic E-state index is -0.886. The molecule has 0 saturated heterocycles. The summed E-state index contributed by atoms with van der Waals surface area (Å²) in [6, 6.07) is -0.316. The van der Waals surface area contributed by atoms with Gasteiger partial charge in [-0.15, -0.1) is 0 Å². The molecule has 5 nitrogen and oxygen atoms in total. The summed E-state index contributed by atoms with van der Waals surface area (Å²) in [5.74, 6) is 0.321. The molecule has 0 aromatic heterocycles. The molecule has 0 heterocycles. The summed E-state index contributed by atoms with van der Waals surface area (Å²) in [7, 11) is 1.75. The highest BCUT2D eigenvalue weighted by Crippen LogP contribution is 2.08. The fourth-order valence-electron chi connectivity index (χ4n) is 1.65. The summed E-state index contributed by atoms with van der Waals surface area (Å²) in [4.78, 5) is 25.2. The van der Waals surface area contributed by atoms with E-state index >= 15 is 0 Å². The maximum absolute atomic E-state index is 12.1. The van der Waals surface area contributed by atoms with Crippen molar-refractivity contribution < 1.29 is 9.59 Å². The van der Waals surface area contributed by atoms with Crippen molar-refractivity contribution in [2.75, 3.05) is 20.1 Å². The van der Waals surface area contributed by atoms with Crippen molar-refractivity contribution in [1.82, 2.24) is 15.5 Å². The second kappa shape index (κ2) is 6.47. The molecule has 100 valence electrons. The smallest absolute Gasteiger partial charge is 0.315 e. The highest BCUT2D eigenvalue weighted by molar-refractivity contribution is 5.90. The van der Waals surface area contributed by atoms with Gasteiger partial charge in [0.25, 0.3) is 0 Å². The molecule has 0 aliphatic heterocycles. The van der Waals surface area contributed by atoms with Gasteiger partial charge in [0.2, 0.25) is 5.91 Å². The number of nitrogens with one attached hydrogen (secondary N) is 2. The van der Waals surface area contributed by atoms with Gasteiger partial charge in [0, 0.05) is 20.1 Å². The molecule has 0 aromatic carbocycles. The van der Waals surface area contributed by atoms with Crippen LogP contribution in [0.15, 0.2) is 0 Å². The van der Waals surface area contributed by atoms with Crippen LogP contribution in [0.3, 0.4) is 0 Å². The van der Waals surface area contributed by atoms with Gasteiger partial charge in [0.05, 0.1) is 0 Å². The third kappa shape index (κ3) is 5.56. The molecule has 17 heavy (non-hydrogen) atoms. The Hall–Kier alpha value is -1.26. The fraction of sp³-hybridized carbons (Fsp3) is 0.833. The molecule has 0 saturated carbocycles. The summed E-state index contributed by atoms with van der Waals surface area (Å²) in [6.07, 6.45) is 0. The van der Waals surface area contributed by atoms with Crippen LogP contribution in [0.1, 0.15) is 34.6 Å². The number of carbonyl (C=O) groups excluding carboxylic acids is 2. The molecule has 0 aliphatic rings. The number of amides is 3. The van der Waals surface area contributed by atoms with Crippen LogP contribution >= 0.6 is 0 Å². The number of hydrogen-bond acceptors (Lipinski definition) is 2. The molecule has 3 amide bonds. The summed E-state index contributed by atoms with van der Waals surface area (Å²) in [5.41, 5.74) is -0.886. The average molecular weight is 243 g/mol. The van der Waals surface area contributed by atoms with Crippen LogP contribution in [0.4, 0.5) is 4.79 Å². The summed E-state index contributed by atoms with van der Waals surface area (Å²) >= 11 is 0. The van der Waals surface area contributed by atoms with Gasteiger partial charge in [-0.05, 0) is 26.7 Å². The van der Waals surface area contributed by atoms with E-state index in [9.17, 15) is 9.59 Å². The minimum Gasteiger partial charge on any atom is -0.343 e. The molecule has 0 bridgehead atoms. The van der Waals surface area contributed by atoms with Crippen LogP contribution in [-0.2, 0) is 4.79 Å². The van der Waals surface area contributed by atoms with Gasteiger partial charge in [-0.3, -0.25) is 4.79 Å². The molecule has 0 spiro atoms. The number of urea groups is 1. The number of hydrogen-bond donors (Lipinski definition) is 2. The standard InChI is InChI=1S/C12H25N3O2/c1-7-13-11(17)14-12(4,5)10(16)15(6)8-9(2)3/h9H,7-8H2,1-6H3,(H2,13,14,17). The highest BCUT2D eigenvalue weighted by Gasteiger charge is 2.32. The van der Waals surface area contributed by atoms with Crippen LogP contribution < -0.4 is 10.6 Å². The predicted octanol–water partition coefficient (Wildman–Crippen LogP) is 1.20. The van der Waals surface area contributed by atoms with E-state index in [4.69, 9.17) is 0 Å². The summed E-state index contributed by atoms with van der Waals surface area (Å²) in [5, 5.41) is 5.29. The SMILES string of the molecule is CCNC(=O)NC(C)(C)C(=O)N(C)CC(C)C. The first-order chi connectivity index (χ1) is 7.70. The molecule has 0 aromatic rings. The monoisotopic (exact) mass is 243 g/mol. The van der Waals surface area contributed by atoms with Crippen molar-refractivity contribution in [3.63, 3.8) is 0 Å². The zero-order chi connectivity index (χ0) is 13.6. The lowest BCUT2D eigenvalue weighted by Gasteiger charge is -2.31. The van der Waals surface area contributed by atoms with Crippen molar-refractivity contribution >= 4 is 11.9 Å². The van der Waals surface area contributed by atoms with E-state index in [-0.39, 0.29) is 11.9 Å². The molecule has 0 radical (unpaired) electrons. The zero-order valence-corrected chi connectivity index (χ0v) is 11.8. The maximum Gasteiger partial charge on any atom is 0.315 e. The molecule has 5 heteroatoms. The molecule has 0 fully saturated rings. The van der Waals surface area contributed by atoms with Gasteiger partial charge in [-0.1, -0.05) is 13.8 Å². The quantitative estimate of drug-likeness (QED) is 0.762. The van der Waals surface area contributed by atoms with Gasteiger partial charge in [-0.2, -0.15) is 0 Å². The molecule has 0 atom stereocenters. The van der Waals surface area contributed by atoms with Gasteiger partial charge < -0.3 is 15.5 Å². The van der Waals surface area contributed by atoms with E-state index in [2.05, 4.69) is 10.6 Å². The fourth-order valence-corrected chi connectivity index (χ4v) is 1.65. The maximum atomic E-state index is 12.1. The largest absolute Gasteiger partial charge is 0.343 e. The molecule has 0 rings (SSSR count). The third-order valence-electron chi connectivity index (χ3n) is 2.28. The van der Waals surface area contributed by atoms with Crippen molar-refractivity contribution in [2.45, 2.75) is 40.2 Å². The summed E-state index contributed by atoms with van der Waals surface area (Å²) in [6.45, 7) is 10.6. The van der Waals surface area contributed by atoms with Crippen LogP contribution in [-0.4, -0.2) is 42.5 Å². The van der Waals surface area contributed by atoms with Crippen molar-refractivity contribution in [3.8, 4) is 0 Å². The predicted molar refractivity (Wildman–Crippen MR) is 68.8 cm³/mol. The highest BCUT2D eigenvalue weighted by atomic mass is 16.2. The lowest BCUT2D eigenvalue weighted by atomic mass is 10.0. The van der Waals surface area contributed by atoms with E-state index in [1.54, 1.807) is 25.8 Å². The minimum absolute atomic E-state index is 0.0857. The van der Waals surface area contributed by atoms with E-state index in [0.29, 0.717) is 19.0 Å². The lowest BCUT2D eigenvalue weighted by molar-refractivity contribution is -0.135. The number of nitrogens with zero attached hydrogens (tertiary/aromatic N) is 1. The average Bonchev–Trinajstić information content (AvgIpc) is 2.14. The Morgan fingerprint density at radius 2 is 1.82 bits per heavy atom. The van der Waals surface area contributed by atoms with Crippen molar-refractivity contribution in [1.29, 1.82) is 0 Å². The number of likely N-dealkylation sites (N-methyl/N-ethyl adjacent to an activating group) is 1.